The predicted molar refractivity (Wildman–Crippen MR) is 128 cm³/mol. The molecule has 0 fully saturated rings. The summed E-state index contributed by atoms with van der Waals surface area (Å²) in [6, 6.07) is 16.2. The summed E-state index contributed by atoms with van der Waals surface area (Å²) in [7, 11) is 0. The molecule has 0 atom stereocenters. The van der Waals surface area contributed by atoms with Gasteiger partial charge in [-0.2, -0.15) is 0 Å². The first kappa shape index (κ1) is 23.5. The maximum absolute atomic E-state index is 12.1. The number of carbonyl (C=O) groups is 1. The molecule has 0 saturated heterocycles. The number of benzene rings is 2. The minimum absolute atomic E-state index is 0.0179. The lowest BCUT2D eigenvalue weighted by Crippen LogP contribution is -2.19. The van der Waals surface area contributed by atoms with Crippen LogP contribution in [0.25, 0.3) is 5.57 Å². The molecule has 0 saturated carbocycles. The highest BCUT2D eigenvalue weighted by Crippen LogP contribution is 2.31. The molecule has 0 spiro atoms. The first-order chi connectivity index (χ1) is 14.2. The van der Waals surface area contributed by atoms with Gasteiger partial charge in [-0.15, -0.1) is 0 Å². The average Bonchev–Trinajstić information content (AvgIpc) is 2.69. The first-order valence-corrected chi connectivity index (χ1v) is 10.6. The van der Waals surface area contributed by atoms with Crippen LogP contribution in [0.3, 0.4) is 0 Å². The number of allylic oxidation sites excluding steroid dienone is 4. The zero-order chi connectivity index (χ0) is 22.1. The van der Waals surface area contributed by atoms with E-state index in [4.69, 9.17) is 4.74 Å². The van der Waals surface area contributed by atoms with Crippen molar-refractivity contribution in [1.29, 1.82) is 0 Å². The van der Waals surface area contributed by atoms with Gasteiger partial charge in [-0.1, -0.05) is 63.3 Å². The Hall–Kier alpha value is -2.81. The fourth-order valence-electron chi connectivity index (χ4n) is 3.29. The van der Waals surface area contributed by atoms with Crippen LogP contribution in [-0.4, -0.2) is 12.5 Å². The highest BCUT2D eigenvalue weighted by atomic mass is 16.5. The van der Waals surface area contributed by atoms with Crippen LogP contribution in [0.1, 0.15) is 59.1 Å². The van der Waals surface area contributed by atoms with Crippen molar-refractivity contribution in [3.05, 3.63) is 77.4 Å². The molecule has 0 aromatic heterocycles. The molecule has 0 aliphatic heterocycles. The Balaban J connectivity index is 1.96. The van der Waals surface area contributed by atoms with Gasteiger partial charge in [-0.3, -0.25) is 4.79 Å². The van der Waals surface area contributed by atoms with Gasteiger partial charge in [-0.05, 0) is 61.1 Å². The van der Waals surface area contributed by atoms with E-state index >= 15 is 0 Å². The molecule has 2 rings (SSSR count). The molecule has 0 bridgehead atoms. The average molecular weight is 406 g/mol. The number of para-hydroxylation sites is 1. The molecule has 0 aliphatic carbocycles. The summed E-state index contributed by atoms with van der Waals surface area (Å²) < 4.78 is 6.13. The van der Waals surface area contributed by atoms with E-state index in [1.807, 2.05) is 42.5 Å². The SMILES string of the molecule is C/C=C(C)\C(=C/C)c1ccccc1OCCc1ccc(NC(=O)CC(C)(C)C)cc1. The van der Waals surface area contributed by atoms with Crippen molar-refractivity contribution in [3.63, 3.8) is 0 Å². The van der Waals surface area contributed by atoms with Crippen LogP contribution in [0, 0.1) is 5.41 Å². The molecule has 1 amide bonds. The summed E-state index contributed by atoms with van der Waals surface area (Å²) >= 11 is 0. The van der Waals surface area contributed by atoms with Crippen LogP contribution < -0.4 is 10.1 Å². The Morgan fingerprint density at radius 1 is 1.00 bits per heavy atom. The van der Waals surface area contributed by atoms with Crippen molar-refractivity contribution in [1.82, 2.24) is 0 Å². The third-order valence-corrected chi connectivity index (χ3v) is 4.90. The Morgan fingerprint density at radius 3 is 2.27 bits per heavy atom. The maximum Gasteiger partial charge on any atom is 0.224 e. The molecule has 1 N–H and O–H groups in total. The number of rotatable bonds is 8. The number of anilines is 1. The van der Waals surface area contributed by atoms with Gasteiger partial charge in [0.05, 0.1) is 6.61 Å². The Kier molecular flexibility index (Phi) is 8.46. The molecule has 0 heterocycles. The summed E-state index contributed by atoms with van der Waals surface area (Å²) in [5.74, 6) is 0.948. The van der Waals surface area contributed by atoms with E-state index in [2.05, 4.69) is 65.1 Å². The van der Waals surface area contributed by atoms with Crippen molar-refractivity contribution in [3.8, 4) is 5.75 Å². The highest BCUT2D eigenvalue weighted by Gasteiger charge is 2.16. The second kappa shape index (κ2) is 10.8. The lowest BCUT2D eigenvalue weighted by atomic mass is 9.92. The minimum Gasteiger partial charge on any atom is -0.493 e. The monoisotopic (exact) mass is 405 g/mol. The van der Waals surface area contributed by atoms with Crippen LogP contribution in [0.4, 0.5) is 5.69 Å². The van der Waals surface area contributed by atoms with Gasteiger partial charge < -0.3 is 10.1 Å². The standard InChI is InChI=1S/C27H35NO2/c1-7-20(3)23(8-2)24-11-9-10-12-25(24)30-18-17-21-13-15-22(16-14-21)28-26(29)19-27(4,5)6/h7-16H,17-19H2,1-6H3,(H,28,29)/b20-7-,23-8+. The summed E-state index contributed by atoms with van der Waals surface area (Å²) in [5.41, 5.74) is 5.54. The zero-order valence-electron chi connectivity index (χ0n) is 19.2. The molecule has 3 heteroatoms. The van der Waals surface area contributed by atoms with Gasteiger partial charge in [0, 0.05) is 24.1 Å². The van der Waals surface area contributed by atoms with Crippen LogP contribution in [-0.2, 0) is 11.2 Å². The Morgan fingerprint density at radius 2 is 1.67 bits per heavy atom. The van der Waals surface area contributed by atoms with Crippen molar-refractivity contribution >= 4 is 17.2 Å². The largest absolute Gasteiger partial charge is 0.493 e. The quantitative estimate of drug-likeness (QED) is 0.478. The zero-order valence-corrected chi connectivity index (χ0v) is 19.2. The fraction of sp³-hybridized carbons (Fsp3) is 0.370. The van der Waals surface area contributed by atoms with Crippen LogP contribution in [0.5, 0.6) is 5.75 Å². The van der Waals surface area contributed by atoms with E-state index in [9.17, 15) is 4.79 Å². The second-order valence-electron chi connectivity index (χ2n) is 8.75. The predicted octanol–water partition coefficient (Wildman–Crippen LogP) is 7.05. The maximum atomic E-state index is 12.1. The normalized spacial score (nSPS) is 12.6. The van der Waals surface area contributed by atoms with Crippen LogP contribution in [0.2, 0.25) is 0 Å². The van der Waals surface area contributed by atoms with Gasteiger partial charge in [-0.25, -0.2) is 0 Å². The molecular formula is C27H35NO2. The minimum atomic E-state index is -0.0179. The first-order valence-electron chi connectivity index (χ1n) is 10.6. The topological polar surface area (TPSA) is 38.3 Å². The molecular weight excluding hydrogens is 370 g/mol. The van der Waals surface area contributed by atoms with Gasteiger partial charge >= 0.3 is 0 Å². The number of carbonyl (C=O) groups excluding carboxylic acids is 1. The lowest BCUT2D eigenvalue weighted by Gasteiger charge is -2.17. The third-order valence-electron chi connectivity index (χ3n) is 4.90. The van der Waals surface area contributed by atoms with Gasteiger partial charge in [0.2, 0.25) is 5.91 Å². The van der Waals surface area contributed by atoms with E-state index in [1.54, 1.807) is 0 Å². The Bertz CT molecular complexity index is 899. The Labute approximate surface area is 181 Å². The van der Waals surface area contributed by atoms with E-state index in [-0.39, 0.29) is 11.3 Å². The van der Waals surface area contributed by atoms with Crippen molar-refractivity contribution in [2.24, 2.45) is 5.41 Å². The molecule has 160 valence electrons. The summed E-state index contributed by atoms with van der Waals surface area (Å²) in [5, 5.41) is 2.97. The number of ether oxygens (including phenoxy) is 1. The molecule has 0 radical (unpaired) electrons. The summed E-state index contributed by atoms with van der Waals surface area (Å²) in [4.78, 5) is 12.1. The highest BCUT2D eigenvalue weighted by molar-refractivity contribution is 5.91. The van der Waals surface area contributed by atoms with E-state index < -0.39 is 0 Å². The molecule has 2 aromatic carbocycles. The number of nitrogens with one attached hydrogen (secondary N) is 1. The second-order valence-corrected chi connectivity index (χ2v) is 8.75. The number of hydrogen-bond acceptors (Lipinski definition) is 2. The molecule has 0 unspecified atom stereocenters. The van der Waals surface area contributed by atoms with Crippen LogP contribution in [0.15, 0.2) is 66.3 Å². The number of hydrogen-bond donors (Lipinski definition) is 1. The molecule has 2 aromatic rings. The third kappa shape index (κ3) is 7.22. The summed E-state index contributed by atoms with van der Waals surface area (Å²) in [6.45, 7) is 13.0. The summed E-state index contributed by atoms with van der Waals surface area (Å²) in [6.07, 6.45) is 5.55. The lowest BCUT2D eigenvalue weighted by molar-refractivity contribution is -0.117. The van der Waals surface area contributed by atoms with Crippen molar-refractivity contribution in [2.45, 2.75) is 54.4 Å². The van der Waals surface area contributed by atoms with Crippen molar-refractivity contribution < 1.29 is 9.53 Å². The molecule has 0 aliphatic rings. The number of amides is 1. The van der Waals surface area contributed by atoms with Crippen molar-refractivity contribution in [2.75, 3.05) is 11.9 Å². The molecule has 3 nitrogen and oxygen atoms in total. The fourth-order valence-corrected chi connectivity index (χ4v) is 3.29. The van der Waals surface area contributed by atoms with Gasteiger partial charge in [0.1, 0.15) is 5.75 Å². The van der Waals surface area contributed by atoms with Gasteiger partial charge in [0.25, 0.3) is 0 Å². The van der Waals surface area contributed by atoms with Gasteiger partial charge in [0.15, 0.2) is 0 Å². The van der Waals surface area contributed by atoms with E-state index in [0.29, 0.717) is 13.0 Å². The smallest absolute Gasteiger partial charge is 0.224 e. The van der Waals surface area contributed by atoms with E-state index in [1.165, 1.54) is 16.7 Å². The molecule has 30 heavy (non-hydrogen) atoms. The van der Waals surface area contributed by atoms with Crippen LogP contribution >= 0.6 is 0 Å². The van der Waals surface area contributed by atoms with E-state index in [0.717, 1.165) is 23.4 Å².